The van der Waals surface area contributed by atoms with Crippen LogP contribution in [-0.4, -0.2) is 31.3 Å². The van der Waals surface area contributed by atoms with E-state index in [1.54, 1.807) is 0 Å². The fraction of sp³-hybridized carbons (Fsp3) is 0.615. The van der Waals surface area contributed by atoms with Crippen molar-refractivity contribution in [3.63, 3.8) is 0 Å². The van der Waals surface area contributed by atoms with Gasteiger partial charge in [-0.1, -0.05) is 6.07 Å². The van der Waals surface area contributed by atoms with E-state index < -0.39 is 0 Å². The third-order valence-electron chi connectivity index (χ3n) is 2.71. The minimum Gasteiger partial charge on any atom is -0.380 e. The Bertz CT molecular complexity index is 311. The number of pyridine rings is 1. The second-order valence-corrected chi connectivity index (χ2v) is 4.01. The van der Waals surface area contributed by atoms with Crippen LogP contribution in [0.1, 0.15) is 32.4 Å². The number of ether oxygens (including phenoxy) is 1. The molecule has 0 aliphatic heterocycles. The molecule has 0 fully saturated rings. The predicted molar refractivity (Wildman–Crippen MR) is 71.2 cm³/mol. The van der Waals surface area contributed by atoms with E-state index in [-0.39, 0.29) is 6.04 Å². The summed E-state index contributed by atoms with van der Waals surface area (Å²) >= 11 is 0. The highest BCUT2D eigenvalue weighted by molar-refractivity contribution is 5.39. The Balaban J connectivity index is 2.62. The number of anilines is 1. The zero-order valence-corrected chi connectivity index (χ0v) is 11.0. The van der Waals surface area contributed by atoms with Crippen LogP contribution in [0.15, 0.2) is 18.3 Å². The maximum atomic E-state index is 5.80. The van der Waals surface area contributed by atoms with Crippen molar-refractivity contribution in [1.82, 2.24) is 4.98 Å². The minimum absolute atomic E-state index is 0.0371. The summed E-state index contributed by atoms with van der Waals surface area (Å²) in [7, 11) is 0. The molecule has 0 aliphatic rings. The van der Waals surface area contributed by atoms with Gasteiger partial charge in [0.25, 0.3) is 0 Å². The first-order valence-corrected chi connectivity index (χ1v) is 6.23. The first kappa shape index (κ1) is 13.9. The van der Waals surface area contributed by atoms with Crippen LogP contribution in [0.25, 0.3) is 0 Å². The van der Waals surface area contributed by atoms with Crippen molar-refractivity contribution in [3.05, 3.63) is 23.9 Å². The van der Waals surface area contributed by atoms with Crippen LogP contribution in [0.5, 0.6) is 0 Å². The molecule has 2 N–H and O–H groups in total. The van der Waals surface area contributed by atoms with Crippen LogP contribution in [0.2, 0.25) is 0 Å². The van der Waals surface area contributed by atoms with Gasteiger partial charge in [-0.25, -0.2) is 4.98 Å². The molecule has 0 aliphatic carbocycles. The normalized spacial score (nSPS) is 12.5. The van der Waals surface area contributed by atoms with Crippen LogP contribution in [0.3, 0.4) is 0 Å². The zero-order valence-electron chi connectivity index (χ0n) is 11.0. The monoisotopic (exact) mass is 237 g/mol. The van der Waals surface area contributed by atoms with Crippen LogP contribution >= 0.6 is 0 Å². The van der Waals surface area contributed by atoms with Crippen LogP contribution in [0, 0.1) is 0 Å². The lowest BCUT2D eigenvalue weighted by molar-refractivity contribution is 0.154. The first-order chi connectivity index (χ1) is 8.19. The molecule has 4 heteroatoms. The molecule has 1 atom stereocenters. The highest BCUT2D eigenvalue weighted by Crippen LogP contribution is 2.14. The standard InChI is InChI=1S/C13H23N3O/c1-4-16(8-9-17-5-2)13-7-6-12(10-15-13)11(3)14/h6-7,10-11H,4-5,8-9,14H2,1-3H3/t11-/m0/s1. The number of hydrogen-bond acceptors (Lipinski definition) is 4. The molecule has 4 nitrogen and oxygen atoms in total. The van der Waals surface area contributed by atoms with E-state index in [1.807, 2.05) is 32.2 Å². The molecule has 0 spiro atoms. The summed E-state index contributed by atoms with van der Waals surface area (Å²) in [5.41, 5.74) is 6.86. The van der Waals surface area contributed by atoms with Crippen LogP contribution in [-0.2, 0) is 4.74 Å². The maximum absolute atomic E-state index is 5.80. The van der Waals surface area contributed by atoms with Gasteiger partial charge >= 0.3 is 0 Å². The Morgan fingerprint density at radius 2 is 2.18 bits per heavy atom. The summed E-state index contributed by atoms with van der Waals surface area (Å²) in [5.74, 6) is 0.983. The summed E-state index contributed by atoms with van der Waals surface area (Å²) in [4.78, 5) is 6.64. The molecular weight excluding hydrogens is 214 g/mol. The number of nitrogens with zero attached hydrogens (tertiary/aromatic N) is 2. The summed E-state index contributed by atoms with van der Waals surface area (Å²) in [6, 6.07) is 4.10. The maximum Gasteiger partial charge on any atom is 0.128 e. The summed E-state index contributed by atoms with van der Waals surface area (Å²) in [5, 5.41) is 0. The SMILES string of the molecule is CCOCCN(CC)c1ccc([C@H](C)N)cn1. The highest BCUT2D eigenvalue weighted by atomic mass is 16.5. The average Bonchev–Trinajstić information content (AvgIpc) is 2.35. The van der Waals surface area contributed by atoms with Crippen molar-refractivity contribution in [2.75, 3.05) is 31.2 Å². The molecule has 0 unspecified atom stereocenters. The Kier molecular flexibility index (Phi) is 5.94. The lowest BCUT2D eigenvalue weighted by Gasteiger charge is -2.22. The van der Waals surface area contributed by atoms with E-state index in [2.05, 4.69) is 16.8 Å². The topological polar surface area (TPSA) is 51.4 Å². The molecule has 0 bridgehead atoms. The molecule has 1 rings (SSSR count). The van der Waals surface area contributed by atoms with Gasteiger partial charge < -0.3 is 15.4 Å². The van der Waals surface area contributed by atoms with Crippen molar-refractivity contribution >= 4 is 5.82 Å². The van der Waals surface area contributed by atoms with Gasteiger partial charge in [-0.05, 0) is 32.4 Å². The summed E-state index contributed by atoms with van der Waals surface area (Å²) in [6.07, 6.45) is 1.85. The second kappa shape index (κ2) is 7.25. The minimum atomic E-state index is 0.0371. The lowest BCUT2D eigenvalue weighted by atomic mass is 10.1. The molecule has 0 aromatic carbocycles. The molecule has 0 radical (unpaired) electrons. The zero-order chi connectivity index (χ0) is 12.7. The van der Waals surface area contributed by atoms with E-state index in [4.69, 9.17) is 10.5 Å². The van der Waals surface area contributed by atoms with Gasteiger partial charge in [-0.3, -0.25) is 0 Å². The molecule has 0 saturated carbocycles. The first-order valence-electron chi connectivity index (χ1n) is 6.23. The van der Waals surface area contributed by atoms with Gasteiger partial charge in [0.1, 0.15) is 5.82 Å². The van der Waals surface area contributed by atoms with Crippen molar-refractivity contribution in [1.29, 1.82) is 0 Å². The second-order valence-electron chi connectivity index (χ2n) is 4.01. The van der Waals surface area contributed by atoms with E-state index >= 15 is 0 Å². The predicted octanol–water partition coefficient (Wildman–Crippen LogP) is 1.96. The van der Waals surface area contributed by atoms with Gasteiger partial charge in [0.05, 0.1) is 6.61 Å². The van der Waals surface area contributed by atoms with Gasteiger partial charge in [-0.15, -0.1) is 0 Å². The molecule has 96 valence electrons. The molecular formula is C13H23N3O. The fourth-order valence-electron chi connectivity index (χ4n) is 1.61. The molecule has 0 saturated heterocycles. The highest BCUT2D eigenvalue weighted by Gasteiger charge is 2.06. The van der Waals surface area contributed by atoms with Crippen LogP contribution < -0.4 is 10.6 Å². The molecule has 0 amide bonds. The van der Waals surface area contributed by atoms with Crippen LogP contribution in [0.4, 0.5) is 5.82 Å². The van der Waals surface area contributed by atoms with Crippen molar-refractivity contribution in [3.8, 4) is 0 Å². The Morgan fingerprint density at radius 1 is 1.41 bits per heavy atom. The third kappa shape index (κ3) is 4.32. The number of likely N-dealkylation sites (N-methyl/N-ethyl adjacent to an activating group) is 1. The van der Waals surface area contributed by atoms with Gasteiger partial charge in [0.2, 0.25) is 0 Å². The lowest BCUT2D eigenvalue weighted by Crippen LogP contribution is -2.28. The smallest absolute Gasteiger partial charge is 0.128 e. The number of aromatic nitrogens is 1. The van der Waals surface area contributed by atoms with Gasteiger partial charge in [0, 0.05) is 31.9 Å². The van der Waals surface area contributed by atoms with E-state index in [1.165, 1.54) is 0 Å². The molecule has 1 aromatic heterocycles. The average molecular weight is 237 g/mol. The number of nitrogens with two attached hydrogens (primary N) is 1. The van der Waals surface area contributed by atoms with Crippen molar-refractivity contribution in [2.45, 2.75) is 26.8 Å². The van der Waals surface area contributed by atoms with E-state index in [0.29, 0.717) is 0 Å². The molecule has 1 heterocycles. The Hall–Kier alpha value is -1.13. The van der Waals surface area contributed by atoms with E-state index in [0.717, 1.165) is 37.7 Å². The summed E-state index contributed by atoms with van der Waals surface area (Å²) < 4.78 is 5.36. The Labute approximate surface area is 104 Å². The van der Waals surface area contributed by atoms with Gasteiger partial charge in [-0.2, -0.15) is 0 Å². The third-order valence-corrected chi connectivity index (χ3v) is 2.71. The van der Waals surface area contributed by atoms with Crippen molar-refractivity contribution < 1.29 is 4.74 Å². The van der Waals surface area contributed by atoms with Gasteiger partial charge in [0.15, 0.2) is 0 Å². The fourth-order valence-corrected chi connectivity index (χ4v) is 1.61. The number of rotatable bonds is 7. The largest absolute Gasteiger partial charge is 0.380 e. The molecule has 17 heavy (non-hydrogen) atoms. The Morgan fingerprint density at radius 3 is 2.65 bits per heavy atom. The van der Waals surface area contributed by atoms with Crippen molar-refractivity contribution in [2.24, 2.45) is 5.73 Å². The summed E-state index contributed by atoms with van der Waals surface area (Å²) in [6.45, 7) is 9.38. The number of hydrogen-bond donors (Lipinski definition) is 1. The van der Waals surface area contributed by atoms with E-state index in [9.17, 15) is 0 Å². The quantitative estimate of drug-likeness (QED) is 0.737. The molecule has 1 aromatic rings.